The molecule has 2 aromatic heterocycles. The zero-order valence-corrected chi connectivity index (χ0v) is 11.7. The summed E-state index contributed by atoms with van der Waals surface area (Å²) in [5.74, 6) is -0.300. The zero-order valence-electron chi connectivity index (χ0n) is 11.7. The Bertz CT molecular complexity index is 629. The summed E-state index contributed by atoms with van der Waals surface area (Å²) in [4.78, 5) is 29.8. The van der Waals surface area contributed by atoms with Gasteiger partial charge in [0.15, 0.2) is 5.82 Å². The van der Waals surface area contributed by atoms with Gasteiger partial charge in [0.1, 0.15) is 0 Å². The number of hydrogen-bond acceptors (Lipinski definition) is 5. The fourth-order valence-corrected chi connectivity index (χ4v) is 1.85. The normalized spacial score (nSPS) is 10.6. The van der Waals surface area contributed by atoms with Crippen LogP contribution in [0.3, 0.4) is 0 Å². The molecule has 0 N–H and O–H groups in total. The van der Waals surface area contributed by atoms with E-state index in [1.54, 1.807) is 43.8 Å². The molecule has 0 bridgehead atoms. The van der Waals surface area contributed by atoms with Gasteiger partial charge in [-0.2, -0.15) is 4.98 Å². The molecule has 0 fully saturated rings. The topological polar surface area (TPSA) is 81.2 Å². The Balaban J connectivity index is 2.13. The number of hydrogen-bond donors (Lipinski definition) is 0. The molecule has 7 nitrogen and oxygen atoms in total. The van der Waals surface area contributed by atoms with E-state index in [-0.39, 0.29) is 6.54 Å². The average Bonchev–Trinajstić information content (AvgIpc) is 3.03. The number of Topliss-reactive ketones (excluding diaryl/α,β-unsaturated/α-hetero) is 1. The molecule has 0 radical (unpaired) electrons. The molecular weight excluding hydrogens is 260 g/mol. The van der Waals surface area contributed by atoms with E-state index in [1.165, 1.54) is 4.90 Å². The molecule has 7 heteroatoms. The van der Waals surface area contributed by atoms with Crippen LogP contribution < -0.4 is 0 Å². The largest absolute Gasteiger partial charge is 0.348 e. The lowest BCUT2D eigenvalue weighted by atomic mass is 10.2. The molecular formula is C13H16N4O3. The summed E-state index contributed by atoms with van der Waals surface area (Å²) in [6.45, 7) is 4.01. The smallest absolute Gasteiger partial charge is 0.296 e. The summed E-state index contributed by atoms with van der Waals surface area (Å²) in [6, 6.07) is 3.34. The predicted octanol–water partition coefficient (Wildman–Crippen LogP) is 0.948. The summed E-state index contributed by atoms with van der Waals surface area (Å²) in [5.41, 5.74) is 0.359. The molecule has 0 atom stereocenters. The highest BCUT2D eigenvalue weighted by molar-refractivity contribution is 6.42. The highest BCUT2D eigenvalue weighted by atomic mass is 16.5. The number of aromatic nitrogens is 3. The van der Waals surface area contributed by atoms with Crippen LogP contribution in [0.5, 0.6) is 0 Å². The third-order valence-electron chi connectivity index (χ3n) is 2.94. The van der Waals surface area contributed by atoms with Gasteiger partial charge in [-0.15, -0.1) is 0 Å². The number of amides is 1. The third-order valence-corrected chi connectivity index (χ3v) is 2.94. The van der Waals surface area contributed by atoms with Gasteiger partial charge in [-0.25, -0.2) is 0 Å². The maximum Gasteiger partial charge on any atom is 0.296 e. The van der Waals surface area contributed by atoms with E-state index in [9.17, 15) is 9.59 Å². The van der Waals surface area contributed by atoms with Crippen LogP contribution in [-0.4, -0.2) is 37.8 Å². The third kappa shape index (κ3) is 2.76. The van der Waals surface area contributed by atoms with Gasteiger partial charge in [-0.05, 0) is 19.1 Å². The van der Waals surface area contributed by atoms with Gasteiger partial charge in [-0.1, -0.05) is 5.16 Å². The van der Waals surface area contributed by atoms with Crippen molar-refractivity contribution in [3.63, 3.8) is 0 Å². The van der Waals surface area contributed by atoms with Crippen molar-refractivity contribution in [3.8, 4) is 0 Å². The standard InChI is InChI=1S/C13H16N4O3/c1-4-17(8-11-14-9(2)20-15-11)13(19)12(18)10-6-5-7-16(10)3/h5-7H,4,8H2,1-3H3. The first-order valence-corrected chi connectivity index (χ1v) is 6.27. The highest BCUT2D eigenvalue weighted by Crippen LogP contribution is 2.07. The number of rotatable bonds is 5. The van der Waals surface area contributed by atoms with Gasteiger partial charge in [0.05, 0.1) is 12.2 Å². The number of carbonyl (C=O) groups is 2. The lowest BCUT2D eigenvalue weighted by Crippen LogP contribution is -2.37. The Hall–Kier alpha value is -2.44. The zero-order chi connectivity index (χ0) is 14.7. The van der Waals surface area contributed by atoms with Crippen molar-refractivity contribution in [2.24, 2.45) is 7.05 Å². The SMILES string of the molecule is CCN(Cc1noc(C)n1)C(=O)C(=O)c1cccn1C. The van der Waals surface area contributed by atoms with E-state index in [4.69, 9.17) is 4.52 Å². The molecule has 0 aliphatic carbocycles. The Morgan fingerprint density at radius 1 is 1.45 bits per heavy atom. The van der Waals surface area contributed by atoms with Gasteiger partial charge in [0.25, 0.3) is 11.7 Å². The van der Waals surface area contributed by atoms with Crippen molar-refractivity contribution in [2.45, 2.75) is 20.4 Å². The maximum absolute atomic E-state index is 12.2. The van der Waals surface area contributed by atoms with Crippen LogP contribution in [0.1, 0.15) is 29.1 Å². The molecule has 0 aliphatic heterocycles. The lowest BCUT2D eigenvalue weighted by Gasteiger charge is -2.18. The van der Waals surface area contributed by atoms with Crippen LogP contribution in [0.25, 0.3) is 0 Å². The van der Waals surface area contributed by atoms with Crippen LogP contribution in [0.15, 0.2) is 22.9 Å². The Morgan fingerprint density at radius 3 is 2.70 bits per heavy atom. The van der Waals surface area contributed by atoms with Crippen molar-refractivity contribution >= 4 is 11.7 Å². The maximum atomic E-state index is 12.2. The van der Waals surface area contributed by atoms with Crippen molar-refractivity contribution in [3.05, 3.63) is 35.7 Å². The predicted molar refractivity (Wildman–Crippen MR) is 69.9 cm³/mol. The van der Waals surface area contributed by atoms with Gasteiger partial charge >= 0.3 is 0 Å². The average molecular weight is 276 g/mol. The Morgan fingerprint density at radius 2 is 2.20 bits per heavy atom. The summed E-state index contributed by atoms with van der Waals surface area (Å²) in [7, 11) is 1.72. The van der Waals surface area contributed by atoms with Gasteiger partial charge in [0.2, 0.25) is 5.89 Å². The number of aryl methyl sites for hydroxylation is 2. The van der Waals surface area contributed by atoms with Crippen molar-refractivity contribution in [1.29, 1.82) is 0 Å². The molecule has 20 heavy (non-hydrogen) atoms. The fourth-order valence-electron chi connectivity index (χ4n) is 1.85. The molecule has 0 saturated heterocycles. The van der Waals surface area contributed by atoms with Crippen LogP contribution in [0.4, 0.5) is 0 Å². The molecule has 0 aromatic carbocycles. The fraction of sp³-hybridized carbons (Fsp3) is 0.385. The molecule has 106 valence electrons. The second kappa shape index (κ2) is 5.68. The molecule has 0 saturated carbocycles. The molecule has 2 aromatic rings. The van der Waals surface area contributed by atoms with Crippen LogP contribution in [0.2, 0.25) is 0 Å². The first-order chi connectivity index (χ1) is 9.52. The second-order valence-electron chi connectivity index (χ2n) is 4.38. The Labute approximate surface area is 116 Å². The minimum Gasteiger partial charge on any atom is -0.348 e. The van der Waals surface area contributed by atoms with E-state index in [0.717, 1.165) is 0 Å². The highest BCUT2D eigenvalue weighted by Gasteiger charge is 2.25. The van der Waals surface area contributed by atoms with E-state index in [2.05, 4.69) is 10.1 Å². The van der Waals surface area contributed by atoms with Crippen LogP contribution >= 0.6 is 0 Å². The monoisotopic (exact) mass is 276 g/mol. The summed E-state index contributed by atoms with van der Waals surface area (Å²) in [6.07, 6.45) is 1.72. The van der Waals surface area contributed by atoms with Crippen molar-refractivity contribution in [1.82, 2.24) is 19.6 Å². The molecule has 0 spiro atoms. The quantitative estimate of drug-likeness (QED) is 0.600. The molecule has 0 unspecified atom stereocenters. The van der Waals surface area contributed by atoms with E-state index in [0.29, 0.717) is 24.0 Å². The number of likely N-dealkylation sites (N-methyl/N-ethyl adjacent to an activating group) is 1. The summed E-state index contributed by atoms with van der Waals surface area (Å²) >= 11 is 0. The minimum atomic E-state index is -0.572. The summed E-state index contributed by atoms with van der Waals surface area (Å²) < 4.78 is 6.47. The molecule has 2 heterocycles. The van der Waals surface area contributed by atoms with Gasteiger partial charge in [-0.3, -0.25) is 9.59 Å². The lowest BCUT2D eigenvalue weighted by molar-refractivity contribution is -0.127. The minimum absolute atomic E-state index is 0.156. The van der Waals surface area contributed by atoms with Crippen molar-refractivity contribution in [2.75, 3.05) is 6.54 Å². The van der Waals surface area contributed by atoms with Crippen LogP contribution in [-0.2, 0) is 18.4 Å². The molecule has 1 amide bonds. The Kier molecular flexibility index (Phi) is 3.97. The first kappa shape index (κ1) is 14.0. The van der Waals surface area contributed by atoms with Gasteiger partial charge < -0.3 is 14.0 Å². The van der Waals surface area contributed by atoms with E-state index in [1.807, 2.05) is 0 Å². The number of carbonyl (C=O) groups excluding carboxylic acids is 2. The number of nitrogens with zero attached hydrogens (tertiary/aromatic N) is 4. The summed E-state index contributed by atoms with van der Waals surface area (Å²) in [5, 5.41) is 3.73. The molecule has 2 rings (SSSR count). The second-order valence-corrected chi connectivity index (χ2v) is 4.38. The van der Waals surface area contributed by atoms with E-state index < -0.39 is 11.7 Å². The first-order valence-electron chi connectivity index (χ1n) is 6.27. The van der Waals surface area contributed by atoms with E-state index >= 15 is 0 Å². The van der Waals surface area contributed by atoms with Crippen LogP contribution in [0, 0.1) is 6.92 Å². The number of ketones is 1. The van der Waals surface area contributed by atoms with Gasteiger partial charge in [0, 0.05) is 26.7 Å². The molecule has 0 aliphatic rings. The van der Waals surface area contributed by atoms with Crippen molar-refractivity contribution < 1.29 is 14.1 Å².